The van der Waals surface area contributed by atoms with E-state index in [4.69, 9.17) is 0 Å². The lowest BCUT2D eigenvalue weighted by Crippen LogP contribution is -2.23. The number of benzene rings is 1. The highest BCUT2D eigenvalue weighted by Crippen LogP contribution is 2.32. The third-order valence-corrected chi connectivity index (χ3v) is 3.62. The Kier molecular flexibility index (Phi) is 3.87. The van der Waals surface area contributed by atoms with Crippen LogP contribution in [-0.4, -0.2) is 11.7 Å². The summed E-state index contributed by atoms with van der Waals surface area (Å²) in [4.78, 5) is 0. The van der Waals surface area contributed by atoms with E-state index in [1.807, 2.05) is 12.1 Å². The molecule has 1 aliphatic carbocycles. The number of phenolic OH excluding ortho intramolecular Hbond substituents is 1. The molecule has 1 aromatic carbocycles. The first-order chi connectivity index (χ1) is 7.70. The summed E-state index contributed by atoms with van der Waals surface area (Å²) >= 11 is 3.45. The Balaban J connectivity index is 2.07. The van der Waals surface area contributed by atoms with Crippen LogP contribution in [0.25, 0.3) is 0 Å². The minimum atomic E-state index is 0.262. The lowest BCUT2D eigenvalue weighted by molar-refractivity contribution is 0.437. The molecule has 1 fully saturated rings. The summed E-state index contributed by atoms with van der Waals surface area (Å²) < 4.78 is 1.02. The van der Waals surface area contributed by atoms with Crippen molar-refractivity contribution < 1.29 is 5.11 Å². The molecule has 1 aromatic rings. The topological polar surface area (TPSA) is 32.3 Å². The fraction of sp³-hybridized carbons (Fsp3) is 0.538. The van der Waals surface area contributed by atoms with Gasteiger partial charge in [0.1, 0.15) is 5.75 Å². The van der Waals surface area contributed by atoms with Crippen molar-refractivity contribution in [2.24, 2.45) is 5.92 Å². The van der Waals surface area contributed by atoms with Gasteiger partial charge in [0.25, 0.3) is 0 Å². The van der Waals surface area contributed by atoms with Crippen LogP contribution >= 0.6 is 15.9 Å². The standard InChI is InChI=1S/C13H18BrNO/c1-2-12(15-8-9-3-4-9)11-7-10(14)5-6-13(11)16/h5-7,9,12,15-16H,2-4,8H2,1H3. The Morgan fingerprint density at radius 1 is 1.50 bits per heavy atom. The van der Waals surface area contributed by atoms with E-state index in [0.717, 1.165) is 28.9 Å². The fourth-order valence-electron chi connectivity index (χ4n) is 1.91. The van der Waals surface area contributed by atoms with Crippen molar-refractivity contribution in [3.63, 3.8) is 0 Å². The number of nitrogens with one attached hydrogen (secondary N) is 1. The highest BCUT2D eigenvalue weighted by molar-refractivity contribution is 9.10. The van der Waals surface area contributed by atoms with E-state index in [0.29, 0.717) is 5.75 Å². The molecule has 2 nitrogen and oxygen atoms in total. The average Bonchev–Trinajstić information content (AvgIpc) is 3.07. The Morgan fingerprint density at radius 2 is 2.25 bits per heavy atom. The molecule has 3 heteroatoms. The van der Waals surface area contributed by atoms with Gasteiger partial charge in [-0.15, -0.1) is 0 Å². The third-order valence-electron chi connectivity index (χ3n) is 3.12. The van der Waals surface area contributed by atoms with Crippen LogP contribution in [0.2, 0.25) is 0 Å². The molecule has 1 saturated carbocycles. The molecule has 88 valence electrons. The maximum absolute atomic E-state index is 9.86. The van der Waals surface area contributed by atoms with Gasteiger partial charge in [-0.05, 0) is 49.9 Å². The van der Waals surface area contributed by atoms with Crippen molar-refractivity contribution in [1.82, 2.24) is 5.32 Å². The second kappa shape index (κ2) is 5.19. The van der Waals surface area contributed by atoms with Crippen LogP contribution in [0.3, 0.4) is 0 Å². The number of hydrogen-bond donors (Lipinski definition) is 2. The van der Waals surface area contributed by atoms with Crippen molar-refractivity contribution in [2.75, 3.05) is 6.54 Å². The molecule has 0 heterocycles. The van der Waals surface area contributed by atoms with E-state index in [1.54, 1.807) is 6.07 Å². The van der Waals surface area contributed by atoms with Gasteiger partial charge >= 0.3 is 0 Å². The maximum atomic E-state index is 9.86. The summed E-state index contributed by atoms with van der Waals surface area (Å²) in [7, 11) is 0. The molecule has 1 aliphatic rings. The predicted octanol–water partition coefficient (Wildman–Crippen LogP) is 3.61. The van der Waals surface area contributed by atoms with Crippen molar-refractivity contribution in [1.29, 1.82) is 0 Å². The molecule has 16 heavy (non-hydrogen) atoms. The molecule has 0 aromatic heterocycles. The summed E-state index contributed by atoms with van der Waals surface area (Å²) in [6.07, 6.45) is 3.71. The highest BCUT2D eigenvalue weighted by Gasteiger charge is 2.23. The molecular formula is C13H18BrNO. The first-order valence-corrected chi connectivity index (χ1v) is 6.71. The summed E-state index contributed by atoms with van der Waals surface area (Å²) in [5, 5.41) is 13.4. The minimum absolute atomic E-state index is 0.262. The van der Waals surface area contributed by atoms with Crippen LogP contribution < -0.4 is 5.32 Å². The monoisotopic (exact) mass is 283 g/mol. The minimum Gasteiger partial charge on any atom is -0.508 e. The molecule has 0 amide bonds. The van der Waals surface area contributed by atoms with Crippen LogP contribution in [0.15, 0.2) is 22.7 Å². The zero-order valence-corrected chi connectivity index (χ0v) is 11.1. The molecule has 2 rings (SSSR count). The number of halogens is 1. The number of rotatable bonds is 5. The van der Waals surface area contributed by atoms with Gasteiger partial charge in [-0.25, -0.2) is 0 Å². The van der Waals surface area contributed by atoms with Crippen molar-refractivity contribution >= 4 is 15.9 Å². The number of hydrogen-bond acceptors (Lipinski definition) is 2. The van der Waals surface area contributed by atoms with Gasteiger partial charge in [0, 0.05) is 16.1 Å². The third kappa shape index (κ3) is 2.98. The van der Waals surface area contributed by atoms with Gasteiger partial charge in [-0.2, -0.15) is 0 Å². The van der Waals surface area contributed by atoms with Gasteiger partial charge in [-0.1, -0.05) is 22.9 Å². The fourth-order valence-corrected chi connectivity index (χ4v) is 2.29. The lowest BCUT2D eigenvalue weighted by atomic mass is 10.0. The van der Waals surface area contributed by atoms with Gasteiger partial charge in [-0.3, -0.25) is 0 Å². The lowest BCUT2D eigenvalue weighted by Gasteiger charge is -2.18. The van der Waals surface area contributed by atoms with E-state index in [-0.39, 0.29) is 6.04 Å². The van der Waals surface area contributed by atoms with Crippen LogP contribution in [0.4, 0.5) is 0 Å². The normalized spacial score (nSPS) is 17.4. The Labute approximate surface area is 105 Å². The van der Waals surface area contributed by atoms with Crippen LogP contribution in [0, 0.1) is 5.92 Å². The highest BCUT2D eigenvalue weighted by atomic mass is 79.9. The second-order valence-corrected chi connectivity index (χ2v) is 5.43. The molecule has 1 unspecified atom stereocenters. The van der Waals surface area contributed by atoms with Gasteiger partial charge in [0.2, 0.25) is 0 Å². The summed E-state index contributed by atoms with van der Waals surface area (Å²) in [5.41, 5.74) is 0.998. The molecule has 0 aliphatic heterocycles. The van der Waals surface area contributed by atoms with E-state index < -0.39 is 0 Å². The predicted molar refractivity (Wildman–Crippen MR) is 69.6 cm³/mol. The molecular weight excluding hydrogens is 266 g/mol. The van der Waals surface area contributed by atoms with E-state index in [9.17, 15) is 5.11 Å². The first-order valence-electron chi connectivity index (χ1n) is 5.92. The Bertz CT molecular complexity index is 363. The van der Waals surface area contributed by atoms with Crippen molar-refractivity contribution in [3.05, 3.63) is 28.2 Å². The van der Waals surface area contributed by atoms with Gasteiger partial charge < -0.3 is 10.4 Å². The molecule has 1 atom stereocenters. The number of phenols is 1. The molecule has 0 bridgehead atoms. The SMILES string of the molecule is CCC(NCC1CC1)c1cc(Br)ccc1O. The van der Waals surface area contributed by atoms with E-state index >= 15 is 0 Å². The summed E-state index contributed by atoms with van der Waals surface area (Å²) in [6.45, 7) is 3.22. The largest absolute Gasteiger partial charge is 0.508 e. The quantitative estimate of drug-likeness (QED) is 0.865. The average molecular weight is 284 g/mol. The maximum Gasteiger partial charge on any atom is 0.120 e. The summed E-state index contributed by atoms with van der Waals surface area (Å²) in [6, 6.07) is 5.88. The molecule has 2 N–H and O–H groups in total. The van der Waals surface area contributed by atoms with Crippen LogP contribution in [0.5, 0.6) is 5.75 Å². The van der Waals surface area contributed by atoms with Crippen molar-refractivity contribution in [2.45, 2.75) is 32.2 Å². The van der Waals surface area contributed by atoms with Gasteiger partial charge in [0.05, 0.1) is 0 Å². The molecule has 0 spiro atoms. The second-order valence-electron chi connectivity index (χ2n) is 4.52. The zero-order valence-electron chi connectivity index (χ0n) is 9.54. The smallest absolute Gasteiger partial charge is 0.120 e. The Hall–Kier alpha value is -0.540. The zero-order chi connectivity index (χ0) is 11.5. The number of aromatic hydroxyl groups is 1. The van der Waals surface area contributed by atoms with Gasteiger partial charge in [0.15, 0.2) is 0 Å². The van der Waals surface area contributed by atoms with Crippen molar-refractivity contribution in [3.8, 4) is 5.75 Å². The van der Waals surface area contributed by atoms with Crippen LogP contribution in [-0.2, 0) is 0 Å². The molecule has 0 radical (unpaired) electrons. The first kappa shape index (κ1) is 11.9. The molecule has 0 saturated heterocycles. The van der Waals surface area contributed by atoms with E-state index in [1.165, 1.54) is 12.8 Å². The summed E-state index contributed by atoms with van der Waals surface area (Å²) in [5.74, 6) is 1.25. The van der Waals surface area contributed by atoms with E-state index in [2.05, 4.69) is 28.2 Å². The van der Waals surface area contributed by atoms with Crippen LogP contribution in [0.1, 0.15) is 37.8 Å². The Morgan fingerprint density at radius 3 is 2.88 bits per heavy atom.